The molecule has 0 N–H and O–H groups in total. The molecular formula is C21H18FNO5S. The zero-order valence-corrected chi connectivity index (χ0v) is 16.6. The third-order valence-corrected chi connectivity index (χ3v) is 5.18. The number of hydrogen-bond acceptors (Lipinski definition) is 6. The second-order valence-corrected chi connectivity index (χ2v) is 7.16. The molecule has 1 saturated heterocycles. The van der Waals surface area contributed by atoms with E-state index in [2.05, 4.69) is 4.74 Å². The number of rotatable bonds is 6. The molecule has 29 heavy (non-hydrogen) atoms. The van der Waals surface area contributed by atoms with Crippen LogP contribution in [0.5, 0.6) is 5.75 Å². The first-order valence-corrected chi connectivity index (χ1v) is 9.54. The molecule has 8 heteroatoms. The number of amides is 2. The van der Waals surface area contributed by atoms with Gasteiger partial charge >= 0.3 is 5.97 Å². The fraction of sp³-hybridized carbons (Fsp3) is 0.190. The summed E-state index contributed by atoms with van der Waals surface area (Å²) in [5.41, 5.74) is 0.953. The summed E-state index contributed by atoms with van der Waals surface area (Å²) in [6.45, 7) is 1.44. The van der Waals surface area contributed by atoms with E-state index < -0.39 is 23.2 Å². The molecule has 0 saturated carbocycles. The van der Waals surface area contributed by atoms with Crippen LogP contribution in [0.25, 0.3) is 6.08 Å². The van der Waals surface area contributed by atoms with E-state index in [4.69, 9.17) is 4.74 Å². The maximum Gasteiger partial charge on any atom is 0.328 e. The molecule has 2 aromatic carbocycles. The number of esters is 1. The minimum atomic E-state index is -1.02. The maximum atomic E-state index is 13.8. The Morgan fingerprint density at radius 2 is 1.86 bits per heavy atom. The number of para-hydroxylation sites is 1. The van der Waals surface area contributed by atoms with Gasteiger partial charge in [-0.3, -0.25) is 14.5 Å². The molecule has 0 unspecified atom stereocenters. The van der Waals surface area contributed by atoms with Crippen molar-refractivity contribution in [2.24, 2.45) is 0 Å². The number of carbonyl (C=O) groups is 3. The van der Waals surface area contributed by atoms with Crippen molar-refractivity contribution < 1.29 is 28.2 Å². The number of ether oxygens (including phenoxy) is 2. The highest BCUT2D eigenvalue weighted by molar-refractivity contribution is 8.18. The number of methoxy groups -OCH3 is 1. The third-order valence-electron chi connectivity index (χ3n) is 4.30. The summed E-state index contributed by atoms with van der Waals surface area (Å²) in [4.78, 5) is 37.6. The third kappa shape index (κ3) is 4.48. The van der Waals surface area contributed by atoms with Crippen molar-refractivity contribution in [3.05, 3.63) is 70.4 Å². The van der Waals surface area contributed by atoms with Crippen LogP contribution in [-0.4, -0.2) is 35.2 Å². The van der Waals surface area contributed by atoms with Crippen LogP contribution in [0.15, 0.2) is 53.4 Å². The van der Waals surface area contributed by atoms with Gasteiger partial charge in [-0.2, -0.15) is 0 Å². The van der Waals surface area contributed by atoms with Gasteiger partial charge in [0.05, 0.1) is 12.0 Å². The van der Waals surface area contributed by atoms with Gasteiger partial charge in [-0.1, -0.05) is 36.4 Å². The number of nitrogens with zero attached hydrogens (tertiary/aromatic N) is 1. The first-order valence-electron chi connectivity index (χ1n) is 8.72. The fourth-order valence-electron chi connectivity index (χ4n) is 2.73. The molecule has 6 nitrogen and oxygen atoms in total. The molecule has 1 heterocycles. The van der Waals surface area contributed by atoms with Crippen LogP contribution in [0.2, 0.25) is 0 Å². The van der Waals surface area contributed by atoms with Crippen LogP contribution in [0.3, 0.4) is 0 Å². The molecule has 1 aliphatic heterocycles. The molecule has 1 aliphatic rings. The average molecular weight is 415 g/mol. The van der Waals surface area contributed by atoms with Crippen molar-refractivity contribution in [3.63, 3.8) is 0 Å². The lowest BCUT2D eigenvalue weighted by Crippen LogP contribution is -2.42. The summed E-state index contributed by atoms with van der Waals surface area (Å²) in [7, 11) is 1.19. The van der Waals surface area contributed by atoms with Crippen molar-refractivity contribution in [3.8, 4) is 5.75 Å². The molecular weight excluding hydrogens is 397 g/mol. The van der Waals surface area contributed by atoms with Crippen LogP contribution in [0, 0.1) is 5.82 Å². The second-order valence-electron chi connectivity index (χ2n) is 6.17. The second kappa shape index (κ2) is 8.91. The maximum absolute atomic E-state index is 13.8. The molecule has 1 fully saturated rings. The van der Waals surface area contributed by atoms with Crippen LogP contribution in [0.4, 0.5) is 9.18 Å². The van der Waals surface area contributed by atoms with E-state index in [-0.39, 0.29) is 17.3 Å². The minimum absolute atomic E-state index is 0.0123. The van der Waals surface area contributed by atoms with E-state index >= 15 is 0 Å². The number of halogens is 1. The highest BCUT2D eigenvalue weighted by atomic mass is 32.2. The van der Waals surface area contributed by atoms with Gasteiger partial charge in [0.15, 0.2) is 0 Å². The Balaban J connectivity index is 1.82. The average Bonchev–Trinajstić information content (AvgIpc) is 3.00. The van der Waals surface area contributed by atoms with Crippen LogP contribution in [0.1, 0.15) is 18.1 Å². The number of hydrogen-bond donors (Lipinski definition) is 0. The standard InChI is InChI=1S/C21H18FNO5S/c1-13(20(25)27-2)23-19(24)18(29-21(23)26)11-14-7-4-6-10-17(14)28-12-15-8-3-5-9-16(15)22/h3-11,13H,12H2,1-2H3/b18-11+/t13-/m1/s1. The Bertz CT molecular complexity index is 991. The van der Waals surface area contributed by atoms with Gasteiger partial charge in [0.25, 0.3) is 11.1 Å². The normalized spacial score (nSPS) is 16.2. The molecule has 0 radical (unpaired) electrons. The van der Waals surface area contributed by atoms with Gasteiger partial charge in [-0.05, 0) is 36.9 Å². The van der Waals surface area contributed by atoms with Crippen LogP contribution < -0.4 is 4.74 Å². The SMILES string of the molecule is COC(=O)[C@@H](C)N1C(=O)S/C(=C/c2ccccc2OCc2ccccc2F)C1=O. The zero-order chi connectivity index (χ0) is 21.0. The Hall–Kier alpha value is -3.13. The van der Waals surface area contributed by atoms with E-state index in [1.807, 2.05) is 0 Å². The van der Waals surface area contributed by atoms with Crippen molar-refractivity contribution in [1.29, 1.82) is 0 Å². The van der Waals surface area contributed by atoms with Gasteiger partial charge in [0.2, 0.25) is 0 Å². The lowest BCUT2D eigenvalue weighted by atomic mass is 10.1. The van der Waals surface area contributed by atoms with Crippen LogP contribution in [-0.2, 0) is 20.9 Å². The molecule has 3 rings (SSSR count). The van der Waals surface area contributed by atoms with Gasteiger partial charge in [-0.25, -0.2) is 9.18 Å². The van der Waals surface area contributed by atoms with Crippen molar-refractivity contribution in [1.82, 2.24) is 4.90 Å². The molecule has 1 atom stereocenters. The predicted molar refractivity (Wildman–Crippen MR) is 106 cm³/mol. The number of carbonyl (C=O) groups excluding carboxylic acids is 3. The lowest BCUT2D eigenvalue weighted by Gasteiger charge is -2.18. The minimum Gasteiger partial charge on any atom is -0.488 e. The Morgan fingerprint density at radius 1 is 1.17 bits per heavy atom. The highest BCUT2D eigenvalue weighted by Gasteiger charge is 2.41. The number of thioether (sulfide) groups is 1. The van der Waals surface area contributed by atoms with E-state index in [1.165, 1.54) is 26.2 Å². The zero-order valence-electron chi connectivity index (χ0n) is 15.8. The summed E-state index contributed by atoms with van der Waals surface area (Å²) in [5, 5.41) is -0.552. The monoisotopic (exact) mass is 415 g/mol. The summed E-state index contributed by atoms with van der Waals surface area (Å²) >= 11 is 0.734. The molecule has 2 aromatic rings. The van der Waals surface area contributed by atoms with E-state index in [1.54, 1.807) is 42.5 Å². The Kier molecular flexibility index (Phi) is 6.33. The van der Waals surface area contributed by atoms with Crippen LogP contribution >= 0.6 is 11.8 Å². The van der Waals surface area contributed by atoms with Gasteiger partial charge in [0, 0.05) is 11.1 Å². The van der Waals surface area contributed by atoms with E-state index in [0.717, 1.165) is 16.7 Å². The summed E-state index contributed by atoms with van der Waals surface area (Å²) in [5.74, 6) is -1.20. The van der Waals surface area contributed by atoms with Gasteiger partial charge < -0.3 is 9.47 Å². The van der Waals surface area contributed by atoms with E-state index in [0.29, 0.717) is 16.9 Å². The molecule has 0 aromatic heterocycles. The first kappa shape index (κ1) is 20.6. The van der Waals surface area contributed by atoms with Crippen molar-refractivity contribution >= 4 is 35.0 Å². The number of imide groups is 1. The number of benzene rings is 2. The predicted octanol–water partition coefficient (Wildman–Crippen LogP) is 4.00. The van der Waals surface area contributed by atoms with Gasteiger partial charge in [-0.15, -0.1) is 0 Å². The van der Waals surface area contributed by atoms with Gasteiger partial charge in [0.1, 0.15) is 24.2 Å². The molecule has 2 amide bonds. The lowest BCUT2D eigenvalue weighted by molar-refractivity contribution is -0.148. The molecule has 150 valence electrons. The Morgan fingerprint density at radius 3 is 2.59 bits per heavy atom. The van der Waals surface area contributed by atoms with Crippen molar-refractivity contribution in [2.75, 3.05) is 7.11 Å². The first-order chi connectivity index (χ1) is 13.9. The Labute approximate surface area is 171 Å². The van der Waals surface area contributed by atoms with Crippen molar-refractivity contribution in [2.45, 2.75) is 19.6 Å². The largest absolute Gasteiger partial charge is 0.488 e. The molecule has 0 spiro atoms. The molecule has 0 bridgehead atoms. The van der Waals surface area contributed by atoms with E-state index in [9.17, 15) is 18.8 Å². The quantitative estimate of drug-likeness (QED) is 0.525. The summed E-state index contributed by atoms with van der Waals surface area (Å²) < 4.78 is 24.1. The topological polar surface area (TPSA) is 72.9 Å². The summed E-state index contributed by atoms with van der Waals surface area (Å²) in [6.07, 6.45) is 1.52. The summed E-state index contributed by atoms with van der Waals surface area (Å²) in [6, 6.07) is 12.2. The fourth-order valence-corrected chi connectivity index (χ4v) is 3.63. The molecule has 0 aliphatic carbocycles. The smallest absolute Gasteiger partial charge is 0.328 e. The highest BCUT2D eigenvalue weighted by Crippen LogP contribution is 2.35.